The zero-order valence-corrected chi connectivity index (χ0v) is 65.8. The Morgan fingerprint density at radius 2 is 0.520 bits per heavy atom. The monoisotopic (exact) mass is 1470 g/mol. The number of rotatable bonds is 74. The number of hydrogen-bond acceptors (Lipinski definition) is 15. The molecule has 0 fully saturated rings. The molecular weight excluding hydrogens is 1330 g/mol. The molecule has 19 heteroatoms. The number of phosphoric acid groups is 2. The second kappa shape index (κ2) is 74.7. The first-order valence-electron chi connectivity index (χ1n) is 39.8. The van der Waals surface area contributed by atoms with Gasteiger partial charge in [0.05, 0.1) is 26.4 Å². The fourth-order valence-electron chi connectivity index (χ4n) is 10.3. The third-order valence-electron chi connectivity index (χ3n) is 16.4. The van der Waals surface area contributed by atoms with E-state index >= 15 is 0 Å². The number of carbonyl (C=O) groups excluding carboxylic acids is 4. The average molecular weight is 1470 g/mol. The van der Waals surface area contributed by atoms with Gasteiger partial charge >= 0.3 is 39.5 Å². The molecule has 0 radical (unpaired) electrons. The largest absolute Gasteiger partial charge is 0.472 e. The molecular formula is C83H142O17P2. The minimum atomic E-state index is -5.00. The highest BCUT2D eigenvalue weighted by atomic mass is 31.2. The second-order valence-corrected chi connectivity index (χ2v) is 29.2. The quantitative estimate of drug-likeness (QED) is 0.0128. The summed E-state index contributed by atoms with van der Waals surface area (Å²) in [6, 6.07) is 0. The zero-order valence-electron chi connectivity index (χ0n) is 64.0. The SMILES string of the molecule is CCCCC/C=C\C/C=C\C/C=C\C/C=C\CCCC(=O)O[C@H](COC(=O)CCCCCCC/C=C\C=C/CCCCCC)COP(=O)(O)OC[C@@H](O)COP(=O)(O)OC[C@@H](COC(=O)CCCCCCC/C=C\C/C=C\CCCCC)OC(=O)CCCCCCC/C=C\C/C=C\CCCCC. The zero-order chi connectivity index (χ0) is 74.6. The van der Waals surface area contributed by atoms with Crippen LogP contribution in [-0.4, -0.2) is 96.7 Å². The Kier molecular flexibility index (Phi) is 71.4. The van der Waals surface area contributed by atoms with Crippen LogP contribution < -0.4 is 0 Å². The van der Waals surface area contributed by atoms with E-state index in [1.54, 1.807) is 0 Å². The highest BCUT2D eigenvalue weighted by Gasteiger charge is 2.30. The Hall–Kier alpha value is -4.54. The Bertz CT molecular complexity index is 2410. The lowest BCUT2D eigenvalue weighted by atomic mass is 10.1. The lowest BCUT2D eigenvalue weighted by Gasteiger charge is -2.21. The predicted octanol–water partition coefficient (Wildman–Crippen LogP) is 23.1. The number of aliphatic hydroxyl groups excluding tert-OH is 1. The van der Waals surface area contributed by atoms with Crippen molar-refractivity contribution in [3.63, 3.8) is 0 Å². The number of unbranched alkanes of at least 4 members (excludes halogenated alkanes) is 29. The van der Waals surface area contributed by atoms with E-state index in [-0.39, 0.29) is 25.7 Å². The summed E-state index contributed by atoms with van der Waals surface area (Å²) in [7, 11) is -9.99. The van der Waals surface area contributed by atoms with Crippen molar-refractivity contribution in [1.29, 1.82) is 0 Å². The summed E-state index contributed by atoms with van der Waals surface area (Å²) >= 11 is 0. The third-order valence-corrected chi connectivity index (χ3v) is 18.3. The normalized spacial score (nSPS) is 14.5. The number of carbonyl (C=O) groups is 4. The standard InChI is InChI=1S/C83H142O17P2/c1-5-9-13-17-21-25-29-33-37-38-42-46-50-54-58-62-66-70-83(88)100-79(74-94-81(86)68-64-60-56-52-48-44-40-35-31-27-23-19-15-11-7-3)76-98-102(91,92)96-72-77(84)71-95-101(89,90)97-75-78(99-82(87)69-65-61-57-53-49-45-41-36-32-28-24-20-16-12-8-4)73-93-80(85)67-63-59-55-51-47-43-39-34-30-26-22-18-14-10-6-2/h21-22,24-28,31,33-37,39-42,46,54,58,77-79,84H,5-20,23,29-30,32,38,43-45,47-53,55-57,59-76H2,1-4H3,(H,89,90)(H,91,92)/b25-21-,26-22-,28-24-,31-27-,37-33-,39-34-,40-35-,41-36-,46-42-,58-54-/t77-,78+,79+/m0/s1. The van der Waals surface area contributed by atoms with Gasteiger partial charge in [0.25, 0.3) is 0 Å². The highest BCUT2D eigenvalue weighted by molar-refractivity contribution is 7.47. The van der Waals surface area contributed by atoms with E-state index in [1.807, 2.05) is 12.2 Å². The molecule has 0 aliphatic rings. The molecule has 0 rings (SSSR count). The second-order valence-electron chi connectivity index (χ2n) is 26.3. The van der Waals surface area contributed by atoms with Crippen molar-refractivity contribution in [2.75, 3.05) is 39.6 Å². The van der Waals surface area contributed by atoms with E-state index in [4.69, 9.17) is 37.0 Å². The van der Waals surface area contributed by atoms with E-state index in [0.29, 0.717) is 32.1 Å². The summed E-state index contributed by atoms with van der Waals surface area (Å²) in [6.45, 7) is 4.67. The van der Waals surface area contributed by atoms with Crippen molar-refractivity contribution in [2.24, 2.45) is 0 Å². The van der Waals surface area contributed by atoms with Crippen LogP contribution >= 0.6 is 15.6 Å². The van der Waals surface area contributed by atoms with Crippen molar-refractivity contribution in [3.8, 4) is 0 Å². The van der Waals surface area contributed by atoms with Gasteiger partial charge in [-0.1, -0.05) is 265 Å². The molecule has 0 saturated heterocycles. The molecule has 2 unspecified atom stereocenters. The van der Waals surface area contributed by atoms with Crippen molar-refractivity contribution in [1.82, 2.24) is 0 Å². The summed E-state index contributed by atoms with van der Waals surface area (Å²) in [5.41, 5.74) is 0. The Morgan fingerprint density at radius 1 is 0.284 bits per heavy atom. The molecule has 0 saturated carbocycles. The molecule has 0 aromatic heterocycles. The molecule has 102 heavy (non-hydrogen) atoms. The van der Waals surface area contributed by atoms with Gasteiger partial charge in [-0.2, -0.15) is 0 Å². The van der Waals surface area contributed by atoms with Crippen LogP contribution in [0.4, 0.5) is 0 Å². The topological polar surface area (TPSA) is 237 Å². The average Bonchev–Trinajstić information content (AvgIpc) is 0.917. The highest BCUT2D eigenvalue weighted by Crippen LogP contribution is 2.45. The van der Waals surface area contributed by atoms with Gasteiger partial charge in [0.15, 0.2) is 12.2 Å². The molecule has 0 aliphatic carbocycles. The van der Waals surface area contributed by atoms with Gasteiger partial charge in [-0.05, 0) is 154 Å². The molecule has 0 aromatic carbocycles. The molecule has 0 aliphatic heterocycles. The lowest BCUT2D eigenvalue weighted by Crippen LogP contribution is -2.30. The Morgan fingerprint density at radius 3 is 0.853 bits per heavy atom. The van der Waals surface area contributed by atoms with Gasteiger partial charge in [0.1, 0.15) is 19.3 Å². The Labute approximate surface area is 619 Å². The Balaban J connectivity index is 5.45. The van der Waals surface area contributed by atoms with E-state index in [0.717, 1.165) is 154 Å². The van der Waals surface area contributed by atoms with Gasteiger partial charge in [-0.3, -0.25) is 37.3 Å². The summed E-state index contributed by atoms with van der Waals surface area (Å²) in [4.78, 5) is 73.0. The number of aliphatic hydroxyl groups is 1. The first-order chi connectivity index (χ1) is 49.7. The van der Waals surface area contributed by atoms with Gasteiger partial charge in [-0.25, -0.2) is 9.13 Å². The molecule has 0 bridgehead atoms. The summed E-state index contributed by atoms with van der Waals surface area (Å²) in [5, 5.41) is 10.6. The number of esters is 4. The maximum Gasteiger partial charge on any atom is 0.472 e. The van der Waals surface area contributed by atoms with Crippen LogP contribution in [0.5, 0.6) is 0 Å². The molecule has 0 spiro atoms. The van der Waals surface area contributed by atoms with Crippen molar-refractivity contribution in [2.45, 2.75) is 341 Å². The molecule has 0 aromatic rings. The van der Waals surface area contributed by atoms with Crippen molar-refractivity contribution in [3.05, 3.63) is 122 Å². The number of allylic oxidation sites excluding steroid dienone is 20. The van der Waals surface area contributed by atoms with E-state index in [1.165, 1.54) is 83.5 Å². The fourth-order valence-corrected chi connectivity index (χ4v) is 11.8. The maximum atomic E-state index is 13.1. The van der Waals surface area contributed by atoms with Crippen LogP contribution in [-0.2, 0) is 65.4 Å². The minimum Gasteiger partial charge on any atom is -0.462 e. The summed E-state index contributed by atoms with van der Waals surface area (Å²) in [5.74, 6) is -2.28. The minimum absolute atomic E-state index is 0.0133. The van der Waals surface area contributed by atoms with Gasteiger partial charge in [0, 0.05) is 25.7 Å². The van der Waals surface area contributed by atoms with E-state index < -0.39 is 97.5 Å². The number of ether oxygens (including phenoxy) is 4. The predicted molar refractivity (Wildman–Crippen MR) is 418 cm³/mol. The number of hydrogen-bond donors (Lipinski definition) is 3. The van der Waals surface area contributed by atoms with Crippen molar-refractivity contribution < 1.29 is 80.2 Å². The maximum absolute atomic E-state index is 13.1. The molecule has 5 atom stereocenters. The lowest BCUT2D eigenvalue weighted by molar-refractivity contribution is -0.161. The summed E-state index contributed by atoms with van der Waals surface area (Å²) < 4.78 is 68.5. The van der Waals surface area contributed by atoms with Crippen LogP contribution in [0, 0.1) is 0 Å². The smallest absolute Gasteiger partial charge is 0.462 e. The molecule has 17 nitrogen and oxygen atoms in total. The molecule has 0 amide bonds. The first kappa shape index (κ1) is 97.5. The fraction of sp³-hybridized carbons (Fsp3) is 0.711. The van der Waals surface area contributed by atoms with Gasteiger partial charge in [0.2, 0.25) is 0 Å². The van der Waals surface area contributed by atoms with E-state index in [2.05, 4.69) is 137 Å². The van der Waals surface area contributed by atoms with Crippen molar-refractivity contribution >= 4 is 39.5 Å². The molecule has 3 N–H and O–H groups in total. The number of phosphoric ester groups is 2. The first-order valence-corrected chi connectivity index (χ1v) is 42.8. The molecule has 586 valence electrons. The molecule has 0 heterocycles. The van der Waals surface area contributed by atoms with Gasteiger partial charge in [-0.15, -0.1) is 0 Å². The van der Waals surface area contributed by atoms with Crippen LogP contribution in [0.25, 0.3) is 0 Å². The van der Waals surface area contributed by atoms with Crippen LogP contribution in [0.2, 0.25) is 0 Å². The van der Waals surface area contributed by atoms with E-state index in [9.17, 15) is 43.2 Å². The van der Waals surface area contributed by atoms with Gasteiger partial charge < -0.3 is 33.8 Å². The van der Waals surface area contributed by atoms with Crippen LogP contribution in [0.3, 0.4) is 0 Å². The van der Waals surface area contributed by atoms with Crippen LogP contribution in [0.1, 0.15) is 323 Å². The van der Waals surface area contributed by atoms with Crippen LogP contribution in [0.15, 0.2) is 122 Å². The summed E-state index contributed by atoms with van der Waals surface area (Å²) in [6.07, 6.45) is 81.8. The third kappa shape index (κ3) is 73.8.